The molecule has 1 aliphatic carbocycles. The second-order valence-corrected chi connectivity index (χ2v) is 19.0. The Labute approximate surface area is 276 Å². The molecule has 0 fully saturated rings. The Morgan fingerprint density at radius 3 is 2.40 bits per heavy atom. The van der Waals surface area contributed by atoms with Gasteiger partial charge in [-0.2, -0.15) is 0 Å². The van der Waals surface area contributed by atoms with Crippen LogP contribution in [0.15, 0.2) is 66.2 Å². The van der Waals surface area contributed by atoms with Gasteiger partial charge in [0.05, 0.1) is 26.9 Å². The molecule has 1 aliphatic rings. The van der Waals surface area contributed by atoms with Gasteiger partial charge in [0.25, 0.3) is 0 Å². The number of carbonyl (C=O) groups excluding carboxylic acids is 1. The topological polar surface area (TPSA) is 44.8 Å². The van der Waals surface area contributed by atoms with Crippen LogP contribution < -0.4 is 4.74 Å². The van der Waals surface area contributed by atoms with E-state index in [4.69, 9.17) is 14.2 Å². The summed E-state index contributed by atoms with van der Waals surface area (Å²) in [5, 5.41) is 0. The quantitative estimate of drug-likeness (QED) is 0.0716. The molecular weight excluding hydrogens is 593 g/mol. The highest BCUT2D eigenvalue weighted by atomic mass is 32.1. The van der Waals surface area contributed by atoms with Crippen LogP contribution in [0.5, 0.6) is 5.75 Å². The number of rotatable bonds is 15. The number of aryl methyl sites for hydroxylation is 1. The van der Waals surface area contributed by atoms with E-state index in [1.165, 1.54) is 47.1 Å². The molecule has 240 valence electrons. The standard InChI is InChI=1S/C39H50O4SSi/c1-7-8-9-13-36(43-28-29-14-22-34(41-2)23-15-29)30-16-18-32(19-17-30)38-31(20-21-33(38)26-27-45(4,5)6)11-10-12-35-24-25-37(44-35)39(40)42-3/h14-19,22-25,31,36H,7-13,20-21,28H2,1-6H3/t31-,36?/m0/s1. The van der Waals surface area contributed by atoms with E-state index in [-0.39, 0.29) is 12.1 Å². The Kier molecular flexibility index (Phi) is 13.1. The Morgan fingerprint density at radius 2 is 1.73 bits per heavy atom. The molecule has 0 amide bonds. The molecule has 0 saturated carbocycles. The van der Waals surface area contributed by atoms with Crippen molar-refractivity contribution in [3.05, 3.63) is 92.7 Å². The van der Waals surface area contributed by atoms with E-state index in [2.05, 4.69) is 80.5 Å². The van der Waals surface area contributed by atoms with Crippen molar-refractivity contribution < 1.29 is 19.0 Å². The third-order valence-electron chi connectivity index (χ3n) is 8.36. The molecule has 0 aliphatic heterocycles. The molecule has 4 rings (SSSR count). The van der Waals surface area contributed by atoms with Gasteiger partial charge in [-0.15, -0.1) is 16.9 Å². The number of methoxy groups -OCH3 is 2. The van der Waals surface area contributed by atoms with Crippen molar-refractivity contribution >= 4 is 31.0 Å². The predicted octanol–water partition coefficient (Wildman–Crippen LogP) is 10.4. The molecule has 2 atom stereocenters. The smallest absolute Gasteiger partial charge is 0.348 e. The van der Waals surface area contributed by atoms with Gasteiger partial charge in [-0.05, 0) is 91.0 Å². The fourth-order valence-electron chi connectivity index (χ4n) is 5.90. The highest BCUT2D eigenvalue weighted by molar-refractivity contribution is 7.13. The van der Waals surface area contributed by atoms with Crippen LogP contribution in [0.25, 0.3) is 5.57 Å². The van der Waals surface area contributed by atoms with Crippen LogP contribution in [0, 0.1) is 17.4 Å². The molecule has 0 N–H and O–H groups in total. The number of unbranched alkanes of at least 4 members (excludes halogenated alkanes) is 2. The highest BCUT2D eigenvalue weighted by Crippen LogP contribution is 2.42. The lowest BCUT2D eigenvalue weighted by Gasteiger charge is -2.20. The second kappa shape index (κ2) is 17.0. The molecule has 0 spiro atoms. The molecule has 1 heterocycles. The van der Waals surface area contributed by atoms with Gasteiger partial charge < -0.3 is 14.2 Å². The summed E-state index contributed by atoms with van der Waals surface area (Å²) >= 11 is 1.55. The summed E-state index contributed by atoms with van der Waals surface area (Å²) in [4.78, 5) is 13.8. The first kappa shape index (κ1) is 34.8. The van der Waals surface area contributed by atoms with Crippen LogP contribution in [0.1, 0.15) is 95.6 Å². The molecule has 45 heavy (non-hydrogen) atoms. The number of benzene rings is 2. The minimum absolute atomic E-state index is 0.0629. The van der Waals surface area contributed by atoms with Gasteiger partial charge in [0.2, 0.25) is 0 Å². The lowest BCUT2D eigenvalue weighted by molar-refractivity contribution is 0.0322. The van der Waals surface area contributed by atoms with Crippen LogP contribution in [0.2, 0.25) is 19.6 Å². The van der Waals surface area contributed by atoms with E-state index in [9.17, 15) is 4.79 Å². The first-order valence-corrected chi connectivity index (χ1v) is 20.8. The average Bonchev–Trinajstić information content (AvgIpc) is 3.69. The van der Waals surface area contributed by atoms with Crippen LogP contribution >= 0.6 is 11.3 Å². The van der Waals surface area contributed by atoms with Crippen molar-refractivity contribution in [2.45, 2.75) is 97.1 Å². The summed E-state index contributed by atoms with van der Waals surface area (Å²) in [6.45, 7) is 9.77. The lowest BCUT2D eigenvalue weighted by atomic mass is 9.88. The fraction of sp³-hybridized carbons (Fsp3) is 0.462. The zero-order valence-corrected chi connectivity index (χ0v) is 29.9. The largest absolute Gasteiger partial charge is 0.497 e. The number of hydrogen-bond acceptors (Lipinski definition) is 5. The number of esters is 1. The van der Waals surface area contributed by atoms with Gasteiger partial charge >= 0.3 is 5.97 Å². The molecule has 3 aromatic rings. The molecule has 0 bridgehead atoms. The van der Waals surface area contributed by atoms with Crippen molar-refractivity contribution in [3.8, 4) is 17.2 Å². The molecule has 1 unspecified atom stereocenters. The highest BCUT2D eigenvalue weighted by Gasteiger charge is 2.26. The number of ether oxygens (including phenoxy) is 3. The monoisotopic (exact) mass is 642 g/mol. The van der Waals surface area contributed by atoms with Crippen molar-refractivity contribution in [2.24, 2.45) is 5.92 Å². The van der Waals surface area contributed by atoms with E-state index in [1.807, 2.05) is 18.2 Å². The zero-order chi connectivity index (χ0) is 32.2. The number of thiophene rings is 1. The van der Waals surface area contributed by atoms with Gasteiger partial charge in [0.1, 0.15) is 18.7 Å². The number of allylic oxidation sites excluding steroid dienone is 2. The fourth-order valence-corrected chi connectivity index (χ4v) is 7.40. The SMILES string of the molecule is CCCCCC(OCc1ccc(OC)cc1)c1ccc(C2=C(C#C[Si](C)(C)C)CC[C@@H]2CCCc2ccc(C(=O)OC)s2)cc1. The average molecular weight is 643 g/mol. The maximum Gasteiger partial charge on any atom is 0.348 e. The summed E-state index contributed by atoms with van der Waals surface area (Å²) in [6, 6.07) is 21.3. The summed E-state index contributed by atoms with van der Waals surface area (Å²) < 4.78 is 16.7. The van der Waals surface area contributed by atoms with Crippen molar-refractivity contribution in [3.63, 3.8) is 0 Å². The van der Waals surface area contributed by atoms with Crippen LogP contribution in [0.3, 0.4) is 0 Å². The van der Waals surface area contributed by atoms with E-state index >= 15 is 0 Å². The van der Waals surface area contributed by atoms with Gasteiger partial charge in [-0.25, -0.2) is 4.79 Å². The van der Waals surface area contributed by atoms with Gasteiger partial charge in [0, 0.05) is 10.5 Å². The summed E-state index contributed by atoms with van der Waals surface area (Å²) in [5.74, 6) is 4.76. The van der Waals surface area contributed by atoms with E-state index in [1.54, 1.807) is 18.4 Å². The third kappa shape index (κ3) is 10.5. The predicted molar refractivity (Wildman–Crippen MR) is 190 cm³/mol. The summed E-state index contributed by atoms with van der Waals surface area (Å²) in [5.41, 5.74) is 10.1. The first-order valence-electron chi connectivity index (χ1n) is 16.5. The van der Waals surface area contributed by atoms with E-state index in [0.29, 0.717) is 17.4 Å². The molecular formula is C39H50O4SSi. The molecule has 4 nitrogen and oxygen atoms in total. The Balaban J connectivity index is 1.51. The van der Waals surface area contributed by atoms with Crippen LogP contribution in [-0.2, 0) is 22.5 Å². The van der Waals surface area contributed by atoms with Gasteiger partial charge in [-0.1, -0.05) is 88.1 Å². The molecule has 0 saturated heterocycles. The molecule has 6 heteroatoms. The molecule has 2 aromatic carbocycles. The zero-order valence-electron chi connectivity index (χ0n) is 28.0. The lowest BCUT2D eigenvalue weighted by Crippen LogP contribution is -2.16. The first-order chi connectivity index (χ1) is 21.7. The van der Waals surface area contributed by atoms with Crippen LogP contribution in [0.4, 0.5) is 0 Å². The van der Waals surface area contributed by atoms with Crippen molar-refractivity contribution in [2.75, 3.05) is 14.2 Å². The van der Waals surface area contributed by atoms with Crippen LogP contribution in [-0.4, -0.2) is 28.3 Å². The second-order valence-electron chi connectivity index (χ2n) is 13.0. The minimum Gasteiger partial charge on any atom is -0.497 e. The maximum atomic E-state index is 11.9. The number of carbonyl (C=O) groups is 1. The Hall–Kier alpha value is -3.11. The van der Waals surface area contributed by atoms with Crippen molar-refractivity contribution in [1.29, 1.82) is 0 Å². The Morgan fingerprint density at radius 1 is 0.978 bits per heavy atom. The normalized spacial score (nSPS) is 15.5. The minimum atomic E-state index is -1.49. The third-order valence-corrected chi connectivity index (χ3v) is 10.4. The van der Waals surface area contributed by atoms with E-state index < -0.39 is 8.07 Å². The van der Waals surface area contributed by atoms with Crippen molar-refractivity contribution in [1.82, 2.24) is 0 Å². The van der Waals surface area contributed by atoms with E-state index in [0.717, 1.165) is 56.3 Å². The maximum absolute atomic E-state index is 11.9. The van der Waals surface area contributed by atoms with Gasteiger partial charge in [-0.3, -0.25) is 0 Å². The summed E-state index contributed by atoms with van der Waals surface area (Å²) in [7, 11) is 1.64. The number of hydrogen-bond donors (Lipinski definition) is 0. The van der Waals surface area contributed by atoms with Gasteiger partial charge in [0.15, 0.2) is 0 Å². The Bertz CT molecular complexity index is 1470. The summed E-state index contributed by atoms with van der Waals surface area (Å²) in [6.07, 6.45) is 10.0. The molecule has 1 aromatic heterocycles. The molecule has 0 radical (unpaired) electrons.